The van der Waals surface area contributed by atoms with Gasteiger partial charge in [0.2, 0.25) is 0 Å². The Labute approximate surface area is 148 Å². The minimum absolute atomic E-state index is 0.123. The molecule has 3 nitrogen and oxygen atoms in total. The molecule has 0 fully saturated rings. The summed E-state index contributed by atoms with van der Waals surface area (Å²) in [7, 11) is 0. The molecule has 0 radical (unpaired) electrons. The van der Waals surface area contributed by atoms with Crippen LogP contribution in [0.1, 0.15) is 16.7 Å². The number of halogens is 4. The fraction of sp³-hybridized carbons (Fsp3) is 0.167. The van der Waals surface area contributed by atoms with Crippen molar-refractivity contribution in [2.75, 3.05) is 6.54 Å². The molecule has 2 aromatic carbocycles. The van der Waals surface area contributed by atoms with Gasteiger partial charge in [0.15, 0.2) is 0 Å². The number of benzene rings is 2. The zero-order valence-corrected chi connectivity index (χ0v) is 13.8. The highest BCUT2D eigenvalue weighted by Crippen LogP contribution is 2.35. The molecule has 0 aliphatic rings. The van der Waals surface area contributed by atoms with Gasteiger partial charge in [-0.3, -0.25) is 0 Å². The number of rotatable bonds is 5. The second-order valence-corrected chi connectivity index (χ2v) is 5.49. The number of amides is 1. The third kappa shape index (κ3) is 6.15. The van der Waals surface area contributed by atoms with Gasteiger partial charge in [-0.1, -0.05) is 60.2 Å². The lowest BCUT2D eigenvalue weighted by Gasteiger charge is -2.09. The van der Waals surface area contributed by atoms with E-state index < -0.39 is 17.8 Å². The Morgan fingerprint density at radius 1 is 1.16 bits per heavy atom. The lowest BCUT2D eigenvalue weighted by molar-refractivity contribution is -0.137. The van der Waals surface area contributed by atoms with Gasteiger partial charge in [0.1, 0.15) is 6.61 Å². The molecule has 1 amide bonds. The third-order valence-electron chi connectivity index (χ3n) is 3.18. The van der Waals surface area contributed by atoms with Gasteiger partial charge in [-0.05, 0) is 23.3 Å². The summed E-state index contributed by atoms with van der Waals surface area (Å²) in [6.07, 6.45) is -2.14. The molecular weight excluding hydrogens is 355 g/mol. The number of hydrogen-bond acceptors (Lipinski definition) is 2. The van der Waals surface area contributed by atoms with Crippen molar-refractivity contribution >= 4 is 23.8 Å². The van der Waals surface area contributed by atoms with Crippen LogP contribution in [-0.4, -0.2) is 12.6 Å². The quantitative estimate of drug-likeness (QED) is 0.776. The van der Waals surface area contributed by atoms with Crippen LogP contribution in [0, 0.1) is 0 Å². The van der Waals surface area contributed by atoms with Gasteiger partial charge in [0.25, 0.3) is 0 Å². The topological polar surface area (TPSA) is 38.3 Å². The van der Waals surface area contributed by atoms with Crippen molar-refractivity contribution in [3.05, 3.63) is 76.3 Å². The molecule has 0 aromatic heterocycles. The molecule has 7 heteroatoms. The molecule has 0 bridgehead atoms. The van der Waals surface area contributed by atoms with E-state index >= 15 is 0 Å². The van der Waals surface area contributed by atoms with Gasteiger partial charge < -0.3 is 10.1 Å². The molecule has 0 unspecified atom stereocenters. The lowest BCUT2D eigenvalue weighted by atomic mass is 10.1. The van der Waals surface area contributed by atoms with E-state index in [1.165, 1.54) is 24.3 Å². The maximum atomic E-state index is 12.8. The average Bonchev–Trinajstić information content (AvgIpc) is 2.58. The van der Waals surface area contributed by atoms with Gasteiger partial charge in [-0.2, -0.15) is 13.2 Å². The highest BCUT2D eigenvalue weighted by Gasteiger charge is 2.33. The summed E-state index contributed by atoms with van der Waals surface area (Å²) in [5.41, 5.74) is 0.289. The van der Waals surface area contributed by atoms with Crippen LogP contribution in [0.5, 0.6) is 0 Å². The van der Waals surface area contributed by atoms with Gasteiger partial charge >= 0.3 is 12.3 Å². The van der Waals surface area contributed by atoms with Crippen molar-refractivity contribution in [1.29, 1.82) is 0 Å². The number of alkyl carbamates (subject to hydrolysis) is 1. The van der Waals surface area contributed by atoms with Crippen molar-refractivity contribution in [2.24, 2.45) is 0 Å². The fourth-order valence-corrected chi connectivity index (χ4v) is 2.20. The predicted molar refractivity (Wildman–Crippen MR) is 90.1 cm³/mol. The second kappa shape index (κ2) is 8.58. The van der Waals surface area contributed by atoms with Crippen LogP contribution in [0.25, 0.3) is 6.08 Å². The van der Waals surface area contributed by atoms with Crippen molar-refractivity contribution in [3.8, 4) is 0 Å². The molecule has 2 rings (SSSR count). The number of ether oxygens (including phenoxy) is 1. The minimum atomic E-state index is -4.51. The Hall–Kier alpha value is -2.47. The van der Waals surface area contributed by atoms with Crippen LogP contribution in [0.2, 0.25) is 5.02 Å². The number of alkyl halides is 3. The van der Waals surface area contributed by atoms with Crippen molar-refractivity contribution < 1.29 is 22.7 Å². The molecule has 2 aromatic rings. The van der Waals surface area contributed by atoms with E-state index in [2.05, 4.69) is 5.32 Å². The summed E-state index contributed by atoms with van der Waals surface area (Å²) in [6, 6.07) is 12.8. The maximum absolute atomic E-state index is 12.8. The summed E-state index contributed by atoms with van der Waals surface area (Å²) < 4.78 is 43.3. The summed E-state index contributed by atoms with van der Waals surface area (Å²) in [5, 5.41) is 2.13. The van der Waals surface area contributed by atoms with Crippen LogP contribution in [0.15, 0.2) is 54.6 Å². The minimum Gasteiger partial charge on any atom is -0.445 e. The first-order chi connectivity index (χ1) is 11.9. The zero-order chi connectivity index (χ0) is 18.3. The number of carbonyl (C=O) groups is 1. The van der Waals surface area contributed by atoms with E-state index in [9.17, 15) is 18.0 Å². The van der Waals surface area contributed by atoms with Gasteiger partial charge in [0, 0.05) is 6.54 Å². The first-order valence-electron chi connectivity index (χ1n) is 7.34. The summed E-state index contributed by atoms with van der Waals surface area (Å²) in [5.74, 6) is 0. The summed E-state index contributed by atoms with van der Waals surface area (Å²) in [4.78, 5) is 11.5. The van der Waals surface area contributed by atoms with Crippen LogP contribution in [-0.2, 0) is 17.5 Å². The Morgan fingerprint density at radius 3 is 2.56 bits per heavy atom. The van der Waals surface area contributed by atoms with E-state index in [4.69, 9.17) is 16.3 Å². The molecule has 25 heavy (non-hydrogen) atoms. The molecule has 0 aliphatic heterocycles. The van der Waals surface area contributed by atoms with E-state index in [-0.39, 0.29) is 18.2 Å². The first-order valence-corrected chi connectivity index (χ1v) is 7.72. The number of nitrogens with one attached hydrogen (secondary N) is 1. The molecular formula is C18H15ClF3NO2. The molecule has 0 saturated heterocycles. The SMILES string of the molecule is O=C(NCC=Cc1ccc(Cl)c(C(F)(F)F)c1)OCc1ccccc1. The Kier molecular flexibility index (Phi) is 6.47. The Morgan fingerprint density at radius 2 is 1.88 bits per heavy atom. The monoisotopic (exact) mass is 369 g/mol. The second-order valence-electron chi connectivity index (χ2n) is 5.08. The molecule has 0 heterocycles. The van der Waals surface area contributed by atoms with Gasteiger partial charge in [0.05, 0.1) is 10.6 Å². The Bertz CT molecular complexity index is 746. The van der Waals surface area contributed by atoms with Crippen LogP contribution >= 0.6 is 11.6 Å². The van der Waals surface area contributed by atoms with Crippen LogP contribution in [0.3, 0.4) is 0 Å². The predicted octanol–water partition coefficient (Wildman–Crippen LogP) is 5.30. The van der Waals surface area contributed by atoms with Gasteiger partial charge in [-0.15, -0.1) is 0 Å². The lowest BCUT2D eigenvalue weighted by Crippen LogP contribution is -2.24. The largest absolute Gasteiger partial charge is 0.445 e. The fourth-order valence-electron chi connectivity index (χ4n) is 1.98. The standard InChI is InChI=1S/C18H15ClF3NO2/c19-16-9-8-13(11-15(16)18(20,21)22)7-4-10-23-17(24)25-12-14-5-2-1-3-6-14/h1-9,11H,10,12H2,(H,23,24). The van der Waals surface area contributed by atoms with Crippen molar-refractivity contribution in [2.45, 2.75) is 12.8 Å². The molecule has 0 atom stereocenters. The summed E-state index contributed by atoms with van der Waals surface area (Å²) in [6.45, 7) is 0.264. The zero-order valence-electron chi connectivity index (χ0n) is 13.0. The van der Waals surface area contributed by atoms with Crippen LogP contribution < -0.4 is 5.32 Å². The maximum Gasteiger partial charge on any atom is 0.417 e. The molecule has 132 valence electrons. The smallest absolute Gasteiger partial charge is 0.417 e. The highest BCUT2D eigenvalue weighted by molar-refractivity contribution is 6.31. The van der Waals surface area contributed by atoms with E-state index in [0.717, 1.165) is 11.6 Å². The number of hydrogen-bond donors (Lipinski definition) is 1. The van der Waals surface area contributed by atoms with Gasteiger partial charge in [-0.25, -0.2) is 4.79 Å². The van der Waals surface area contributed by atoms with Crippen LogP contribution in [0.4, 0.5) is 18.0 Å². The third-order valence-corrected chi connectivity index (χ3v) is 3.51. The summed E-state index contributed by atoms with van der Waals surface area (Å²) >= 11 is 5.55. The first kappa shape index (κ1) is 18.9. The van der Waals surface area contributed by atoms with E-state index in [1.807, 2.05) is 30.3 Å². The Balaban J connectivity index is 1.82. The van der Waals surface area contributed by atoms with E-state index in [1.54, 1.807) is 0 Å². The van der Waals surface area contributed by atoms with E-state index in [0.29, 0.717) is 5.56 Å². The normalized spacial score (nSPS) is 11.5. The average molecular weight is 370 g/mol. The number of carbonyl (C=O) groups excluding carboxylic acids is 1. The van der Waals surface area contributed by atoms with Crippen molar-refractivity contribution in [3.63, 3.8) is 0 Å². The molecule has 0 saturated carbocycles. The van der Waals surface area contributed by atoms with Crippen molar-refractivity contribution in [1.82, 2.24) is 5.32 Å². The molecule has 0 aliphatic carbocycles. The molecule has 0 spiro atoms. The molecule has 1 N–H and O–H groups in total. The highest BCUT2D eigenvalue weighted by atomic mass is 35.5.